The molecule has 0 aliphatic carbocycles. The van der Waals surface area contributed by atoms with Crippen LogP contribution in [0.25, 0.3) is 0 Å². The number of amides is 1. The maximum absolute atomic E-state index is 11.8. The molecular weight excluding hydrogens is 298 g/mol. The molecule has 0 radical (unpaired) electrons. The first-order valence-electron chi connectivity index (χ1n) is 6.56. The van der Waals surface area contributed by atoms with Crippen molar-refractivity contribution < 1.29 is 24.2 Å². The number of carbonyl (C=O) groups is 2. The summed E-state index contributed by atoms with van der Waals surface area (Å²) in [6.45, 7) is 5.53. The molecule has 6 nitrogen and oxygen atoms in total. The van der Waals surface area contributed by atoms with Gasteiger partial charge in [0.25, 0.3) is 0 Å². The second kappa shape index (κ2) is 8.89. The molecule has 1 atom stereocenters. The number of nitrogens with zero attached hydrogens (tertiary/aromatic N) is 1. The Kier molecular flexibility index (Phi) is 8.36. The third kappa shape index (κ3) is 9.31. The van der Waals surface area contributed by atoms with Gasteiger partial charge in [0.1, 0.15) is 5.60 Å². The molecule has 0 aromatic heterocycles. The van der Waals surface area contributed by atoms with E-state index in [2.05, 4.69) is 4.74 Å². The van der Waals surface area contributed by atoms with Gasteiger partial charge in [-0.1, -0.05) is 11.6 Å². The third-order valence-corrected chi connectivity index (χ3v) is 2.74. The molecule has 122 valence electrons. The number of hydrogen-bond acceptors (Lipinski definition) is 5. The van der Waals surface area contributed by atoms with Crippen LogP contribution in [-0.4, -0.2) is 54.5 Å². The standard InChI is InChI=1S/C14H24ClNO5/c1-14(2,3)21-13(19)16(4)9-10(8-15)6-11(17)7-12(18)20-5/h8,11,17H,6-7,9H2,1-5H3/b10-8-. The van der Waals surface area contributed by atoms with E-state index in [1.807, 2.05) is 0 Å². The molecule has 0 rings (SSSR count). The number of rotatable bonds is 6. The minimum Gasteiger partial charge on any atom is -0.469 e. The van der Waals surface area contributed by atoms with Crippen LogP contribution >= 0.6 is 11.6 Å². The lowest BCUT2D eigenvalue weighted by Gasteiger charge is -2.25. The van der Waals surface area contributed by atoms with E-state index in [0.717, 1.165) is 0 Å². The molecule has 0 bridgehead atoms. The first-order valence-corrected chi connectivity index (χ1v) is 6.99. The van der Waals surface area contributed by atoms with E-state index in [9.17, 15) is 14.7 Å². The summed E-state index contributed by atoms with van der Waals surface area (Å²) in [5.74, 6) is -0.503. The number of methoxy groups -OCH3 is 1. The number of carbonyl (C=O) groups excluding carboxylic acids is 2. The Labute approximate surface area is 130 Å². The van der Waals surface area contributed by atoms with Gasteiger partial charge in [0, 0.05) is 19.1 Å². The second-order valence-electron chi connectivity index (χ2n) is 5.74. The van der Waals surface area contributed by atoms with Crippen LogP contribution in [0.15, 0.2) is 11.1 Å². The summed E-state index contributed by atoms with van der Waals surface area (Å²) in [7, 11) is 2.82. The SMILES string of the molecule is COC(=O)CC(O)C/C(=C/Cl)CN(C)C(=O)OC(C)(C)C. The molecule has 0 fully saturated rings. The van der Waals surface area contributed by atoms with Gasteiger partial charge < -0.3 is 19.5 Å². The zero-order valence-electron chi connectivity index (χ0n) is 13.2. The summed E-state index contributed by atoms with van der Waals surface area (Å²) < 4.78 is 9.69. The lowest BCUT2D eigenvalue weighted by molar-refractivity contribution is -0.142. The van der Waals surface area contributed by atoms with E-state index in [-0.39, 0.29) is 19.4 Å². The fraction of sp³-hybridized carbons (Fsp3) is 0.714. The predicted octanol–water partition coefficient (Wildman–Crippen LogP) is 2.29. The number of esters is 1. The van der Waals surface area contributed by atoms with Gasteiger partial charge in [-0.3, -0.25) is 4.79 Å². The largest absolute Gasteiger partial charge is 0.469 e. The van der Waals surface area contributed by atoms with E-state index >= 15 is 0 Å². The fourth-order valence-corrected chi connectivity index (χ4v) is 1.66. The van der Waals surface area contributed by atoms with Crippen LogP contribution in [0.4, 0.5) is 4.79 Å². The van der Waals surface area contributed by atoms with Crippen LogP contribution in [0.3, 0.4) is 0 Å². The molecule has 0 saturated heterocycles. The molecule has 1 N–H and O–H groups in total. The third-order valence-electron chi connectivity index (χ3n) is 2.43. The summed E-state index contributed by atoms with van der Waals surface area (Å²) in [5.41, 5.74) is 1.32. The normalized spacial score (nSPS) is 13.6. The van der Waals surface area contributed by atoms with Crippen molar-refractivity contribution >= 4 is 23.7 Å². The van der Waals surface area contributed by atoms with Gasteiger partial charge in [0.2, 0.25) is 0 Å². The fourth-order valence-electron chi connectivity index (χ4n) is 1.50. The Balaban J connectivity index is 4.44. The molecular formula is C14H24ClNO5. The highest BCUT2D eigenvalue weighted by atomic mass is 35.5. The van der Waals surface area contributed by atoms with Gasteiger partial charge in [-0.2, -0.15) is 0 Å². The summed E-state index contributed by atoms with van der Waals surface area (Å²) >= 11 is 5.70. The lowest BCUT2D eigenvalue weighted by Crippen LogP contribution is -2.35. The zero-order valence-corrected chi connectivity index (χ0v) is 13.9. The molecule has 0 saturated carbocycles. The Hall–Kier alpha value is -1.27. The smallest absolute Gasteiger partial charge is 0.410 e. The van der Waals surface area contributed by atoms with Crippen molar-refractivity contribution in [2.24, 2.45) is 0 Å². The molecule has 1 amide bonds. The van der Waals surface area contributed by atoms with Gasteiger partial charge in [-0.25, -0.2) is 4.79 Å². The molecule has 1 unspecified atom stereocenters. The molecule has 0 aromatic carbocycles. The van der Waals surface area contributed by atoms with Crippen LogP contribution in [0, 0.1) is 0 Å². The lowest BCUT2D eigenvalue weighted by atomic mass is 10.1. The maximum atomic E-state index is 11.8. The van der Waals surface area contributed by atoms with Crippen molar-refractivity contribution in [2.75, 3.05) is 20.7 Å². The quantitative estimate of drug-likeness (QED) is 0.760. The number of ether oxygens (including phenoxy) is 2. The van der Waals surface area contributed by atoms with Gasteiger partial charge in [0.05, 0.1) is 19.6 Å². The Bertz CT molecular complexity index is 389. The van der Waals surface area contributed by atoms with Gasteiger partial charge >= 0.3 is 12.1 Å². The van der Waals surface area contributed by atoms with E-state index < -0.39 is 23.8 Å². The van der Waals surface area contributed by atoms with Crippen molar-refractivity contribution in [2.45, 2.75) is 45.3 Å². The van der Waals surface area contributed by atoms with E-state index in [1.54, 1.807) is 27.8 Å². The van der Waals surface area contributed by atoms with Gasteiger partial charge in [0.15, 0.2) is 0 Å². The first kappa shape index (κ1) is 19.7. The second-order valence-corrected chi connectivity index (χ2v) is 5.96. The zero-order chi connectivity index (χ0) is 16.6. The van der Waals surface area contributed by atoms with Gasteiger partial charge in [-0.05, 0) is 32.8 Å². The van der Waals surface area contributed by atoms with E-state index in [0.29, 0.717) is 5.57 Å². The molecule has 0 heterocycles. The number of aliphatic hydroxyl groups is 1. The Morgan fingerprint density at radius 2 is 1.90 bits per heavy atom. The topological polar surface area (TPSA) is 76.1 Å². The molecule has 0 aliphatic rings. The Morgan fingerprint density at radius 1 is 1.33 bits per heavy atom. The average molecular weight is 322 g/mol. The highest BCUT2D eigenvalue weighted by Crippen LogP contribution is 2.14. The molecule has 7 heteroatoms. The number of aliphatic hydroxyl groups excluding tert-OH is 1. The van der Waals surface area contributed by atoms with Crippen LogP contribution in [-0.2, 0) is 14.3 Å². The maximum Gasteiger partial charge on any atom is 0.410 e. The summed E-state index contributed by atoms with van der Waals surface area (Å²) in [6, 6.07) is 0. The molecule has 0 aliphatic heterocycles. The predicted molar refractivity (Wildman–Crippen MR) is 80.1 cm³/mol. The summed E-state index contributed by atoms with van der Waals surface area (Å²) in [5, 5.41) is 9.76. The summed E-state index contributed by atoms with van der Waals surface area (Å²) in [6.07, 6.45) is -1.34. The number of halogens is 1. The summed E-state index contributed by atoms with van der Waals surface area (Å²) in [4.78, 5) is 24.2. The first-order chi connectivity index (χ1) is 9.58. The van der Waals surface area contributed by atoms with Crippen LogP contribution in [0.1, 0.15) is 33.6 Å². The molecule has 0 aromatic rings. The highest BCUT2D eigenvalue weighted by Gasteiger charge is 2.21. The number of hydrogen-bond donors (Lipinski definition) is 1. The van der Waals surface area contributed by atoms with Crippen molar-refractivity contribution in [1.82, 2.24) is 4.90 Å². The van der Waals surface area contributed by atoms with E-state index in [4.69, 9.17) is 16.3 Å². The van der Waals surface area contributed by atoms with Crippen molar-refractivity contribution in [3.63, 3.8) is 0 Å². The monoisotopic (exact) mass is 321 g/mol. The highest BCUT2D eigenvalue weighted by molar-refractivity contribution is 6.25. The van der Waals surface area contributed by atoms with Crippen molar-refractivity contribution in [3.05, 3.63) is 11.1 Å². The van der Waals surface area contributed by atoms with Crippen molar-refractivity contribution in [3.8, 4) is 0 Å². The van der Waals surface area contributed by atoms with Crippen LogP contribution < -0.4 is 0 Å². The van der Waals surface area contributed by atoms with Crippen LogP contribution in [0.2, 0.25) is 0 Å². The van der Waals surface area contributed by atoms with Crippen molar-refractivity contribution in [1.29, 1.82) is 0 Å². The van der Waals surface area contributed by atoms with E-state index in [1.165, 1.54) is 17.5 Å². The van der Waals surface area contributed by atoms with Gasteiger partial charge in [-0.15, -0.1) is 0 Å². The average Bonchev–Trinajstić information content (AvgIpc) is 2.35. The minimum atomic E-state index is -0.908. The Morgan fingerprint density at radius 3 is 2.33 bits per heavy atom. The molecule has 21 heavy (non-hydrogen) atoms. The number of likely N-dealkylation sites (N-methyl/N-ethyl adjacent to an activating group) is 1. The molecule has 0 spiro atoms. The minimum absolute atomic E-state index is 0.124. The van der Waals surface area contributed by atoms with Crippen LogP contribution in [0.5, 0.6) is 0 Å².